The molecule has 1 amide bonds. The van der Waals surface area contributed by atoms with E-state index in [1.165, 1.54) is 0 Å². The van der Waals surface area contributed by atoms with Crippen LogP contribution in [0, 0.1) is 6.92 Å². The summed E-state index contributed by atoms with van der Waals surface area (Å²) < 4.78 is 2.64. The van der Waals surface area contributed by atoms with Crippen molar-refractivity contribution >= 4 is 21.8 Å². The minimum Gasteiger partial charge on any atom is -0.348 e. The number of nitrogens with zero attached hydrogens (tertiary/aromatic N) is 3. The molecule has 2 heterocycles. The molecular formula is C15H18BrN5O. The molecule has 1 fully saturated rings. The standard InChI is InChI=1S/C15H18BrN5O/c1-10-14(15(22)18-12-5-7-17-8-6-12)19-20-21(10)13-4-2-3-11(16)9-13/h2-4,9,12,17H,5-8H2,1H3,(H,18,22). The van der Waals surface area contributed by atoms with Crippen molar-refractivity contribution in [3.05, 3.63) is 40.1 Å². The Labute approximate surface area is 137 Å². The van der Waals surface area contributed by atoms with Crippen LogP contribution >= 0.6 is 15.9 Å². The summed E-state index contributed by atoms with van der Waals surface area (Å²) in [4.78, 5) is 12.4. The number of amides is 1. The van der Waals surface area contributed by atoms with E-state index in [4.69, 9.17) is 0 Å². The van der Waals surface area contributed by atoms with Gasteiger partial charge in [0.25, 0.3) is 5.91 Å². The summed E-state index contributed by atoms with van der Waals surface area (Å²) in [5.74, 6) is -0.148. The third kappa shape index (κ3) is 3.20. The highest BCUT2D eigenvalue weighted by atomic mass is 79.9. The van der Waals surface area contributed by atoms with Crippen molar-refractivity contribution in [3.63, 3.8) is 0 Å². The van der Waals surface area contributed by atoms with Crippen molar-refractivity contribution in [3.8, 4) is 5.69 Å². The molecule has 0 bridgehead atoms. The minimum atomic E-state index is -0.148. The molecule has 1 aromatic heterocycles. The Morgan fingerprint density at radius 1 is 1.41 bits per heavy atom. The van der Waals surface area contributed by atoms with Crippen LogP contribution in [0.25, 0.3) is 5.69 Å². The number of aromatic nitrogens is 3. The van der Waals surface area contributed by atoms with Gasteiger partial charge < -0.3 is 10.6 Å². The van der Waals surface area contributed by atoms with E-state index < -0.39 is 0 Å². The van der Waals surface area contributed by atoms with E-state index in [1.807, 2.05) is 31.2 Å². The van der Waals surface area contributed by atoms with Crippen LogP contribution in [-0.2, 0) is 0 Å². The van der Waals surface area contributed by atoms with Crippen LogP contribution in [0.3, 0.4) is 0 Å². The van der Waals surface area contributed by atoms with E-state index >= 15 is 0 Å². The van der Waals surface area contributed by atoms with E-state index in [0.717, 1.165) is 41.8 Å². The molecule has 1 aliphatic heterocycles. The largest absolute Gasteiger partial charge is 0.348 e. The van der Waals surface area contributed by atoms with Crippen LogP contribution in [0.4, 0.5) is 0 Å². The second-order valence-corrected chi connectivity index (χ2v) is 6.33. The maximum absolute atomic E-state index is 12.4. The van der Waals surface area contributed by atoms with Gasteiger partial charge in [0.2, 0.25) is 0 Å². The summed E-state index contributed by atoms with van der Waals surface area (Å²) in [5, 5.41) is 14.5. The molecule has 0 saturated carbocycles. The van der Waals surface area contributed by atoms with Gasteiger partial charge in [0, 0.05) is 10.5 Å². The zero-order valence-corrected chi connectivity index (χ0v) is 13.9. The summed E-state index contributed by atoms with van der Waals surface area (Å²) in [5.41, 5.74) is 2.00. The lowest BCUT2D eigenvalue weighted by atomic mass is 10.1. The predicted molar refractivity (Wildman–Crippen MR) is 87.2 cm³/mol. The molecule has 0 radical (unpaired) electrons. The monoisotopic (exact) mass is 363 g/mol. The Kier molecular flexibility index (Phi) is 4.54. The fourth-order valence-corrected chi connectivity index (χ4v) is 3.00. The van der Waals surface area contributed by atoms with E-state index in [1.54, 1.807) is 4.68 Å². The average Bonchev–Trinajstić information content (AvgIpc) is 2.90. The molecule has 3 rings (SSSR count). The summed E-state index contributed by atoms with van der Waals surface area (Å²) in [7, 11) is 0. The second kappa shape index (κ2) is 6.58. The van der Waals surface area contributed by atoms with E-state index in [2.05, 4.69) is 36.9 Å². The second-order valence-electron chi connectivity index (χ2n) is 5.41. The van der Waals surface area contributed by atoms with E-state index in [0.29, 0.717) is 5.69 Å². The summed E-state index contributed by atoms with van der Waals surface area (Å²) in [6.07, 6.45) is 1.90. The fourth-order valence-electron chi connectivity index (χ4n) is 2.61. The Hall–Kier alpha value is -1.73. The number of benzene rings is 1. The van der Waals surface area contributed by atoms with E-state index in [9.17, 15) is 4.79 Å². The maximum atomic E-state index is 12.4. The van der Waals surface area contributed by atoms with Gasteiger partial charge in [-0.25, -0.2) is 4.68 Å². The topological polar surface area (TPSA) is 71.8 Å². The number of hydrogen-bond acceptors (Lipinski definition) is 4. The molecule has 6 nitrogen and oxygen atoms in total. The molecule has 116 valence electrons. The summed E-state index contributed by atoms with van der Waals surface area (Å²) >= 11 is 3.44. The van der Waals surface area contributed by atoms with Gasteiger partial charge >= 0.3 is 0 Å². The smallest absolute Gasteiger partial charge is 0.273 e. The first-order chi connectivity index (χ1) is 10.6. The van der Waals surface area contributed by atoms with Gasteiger partial charge in [-0.1, -0.05) is 27.2 Å². The van der Waals surface area contributed by atoms with Crippen LogP contribution in [-0.4, -0.2) is 40.0 Å². The lowest BCUT2D eigenvalue weighted by Gasteiger charge is -2.23. The number of hydrogen-bond donors (Lipinski definition) is 2. The van der Waals surface area contributed by atoms with Crippen LogP contribution in [0.1, 0.15) is 29.0 Å². The SMILES string of the molecule is Cc1c(C(=O)NC2CCNCC2)nnn1-c1cccc(Br)c1. The van der Waals surface area contributed by atoms with Crippen LogP contribution in [0.5, 0.6) is 0 Å². The quantitative estimate of drug-likeness (QED) is 0.872. The molecule has 0 spiro atoms. The molecule has 7 heteroatoms. The number of halogens is 1. The Morgan fingerprint density at radius 2 is 2.18 bits per heavy atom. The third-order valence-corrected chi connectivity index (χ3v) is 4.33. The van der Waals surface area contributed by atoms with Crippen molar-refractivity contribution < 1.29 is 4.79 Å². The first-order valence-corrected chi connectivity index (χ1v) is 8.14. The molecule has 1 aromatic carbocycles. The molecule has 22 heavy (non-hydrogen) atoms. The van der Waals surface area contributed by atoms with E-state index in [-0.39, 0.29) is 11.9 Å². The van der Waals surface area contributed by atoms with Crippen LogP contribution in [0.2, 0.25) is 0 Å². The zero-order chi connectivity index (χ0) is 15.5. The molecule has 2 N–H and O–H groups in total. The number of nitrogens with one attached hydrogen (secondary N) is 2. The summed E-state index contributed by atoms with van der Waals surface area (Å²) in [6, 6.07) is 7.96. The molecule has 2 aromatic rings. The molecule has 1 saturated heterocycles. The van der Waals surface area contributed by atoms with Gasteiger partial charge in [0.05, 0.1) is 11.4 Å². The summed E-state index contributed by atoms with van der Waals surface area (Å²) in [6.45, 7) is 3.74. The van der Waals surface area contributed by atoms with Gasteiger partial charge in [0.15, 0.2) is 5.69 Å². The first kappa shape index (κ1) is 15.2. The van der Waals surface area contributed by atoms with Crippen molar-refractivity contribution in [2.75, 3.05) is 13.1 Å². The predicted octanol–water partition coefficient (Wildman–Crippen LogP) is 1.82. The average molecular weight is 364 g/mol. The highest BCUT2D eigenvalue weighted by molar-refractivity contribution is 9.10. The lowest BCUT2D eigenvalue weighted by Crippen LogP contribution is -2.43. The van der Waals surface area contributed by atoms with Gasteiger partial charge in [-0.2, -0.15) is 0 Å². The molecular weight excluding hydrogens is 346 g/mol. The van der Waals surface area contributed by atoms with Crippen LogP contribution < -0.4 is 10.6 Å². The maximum Gasteiger partial charge on any atom is 0.273 e. The van der Waals surface area contributed by atoms with Gasteiger partial charge in [-0.05, 0) is 51.1 Å². The zero-order valence-electron chi connectivity index (χ0n) is 12.3. The Morgan fingerprint density at radius 3 is 2.91 bits per heavy atom. The number of rotatable bonds is 3. The Balaban J connectivity index is 1.79. The van der Waals surface area contributed by atoms with Crippen molar-refractivity contribution in [2.45, 2.75) is 25.8 Å². The van der Waals surface area contributed by atoms with Gasteiger partial charge in [-0.3, -0.25) is 4.79 Å². The number of carbonyl (C=O) groups is 1. The van der Waals surface area contributed by atoms with Crippen molar-refractivity contribution in [2.24, 2.45) is 0 Å². The lowest BCUT2D eigenvalue weighted by molar-refractivity contribution is 0.0924. The number of piperidine rings is 1. The van der Waals surface area contributed by atoms with Crippen molar-refractivity contribution in [1.29, 1.82) is 0 Å². The number of carbonyl (C=O) groups excluding carboxylic acids is 1. The van der Waals surface area contributed by atoms with Gasteiger partial charge in [0.1, 0.15) is 0 Å². The Bertz CT molecular complexity index is 678. The highest BCUT2D eigenvalue weighted by Crippen LogP contribution is 2.17. The first-order valence-electron chi connectivity index (χ1n) is 7.35. The third-order valence-electron chi connectivity index (χ3n) is 3.84. The minimum absolute atomic E-state index is 0.148. The molecule has 0 aliphatic carbocycles. The van der Waals surface area contributed by atoms with Crippen LogP contribution in [0.15, 0.2) is 28.7 Å². The van der Waals surface area contributed by atoms with Gasteiger partial charge in [-0.15, -0.1) is 5.10 Å². The molecule has 0 atom stereocenters. The molecule has 0 unspecified atom stereocenters. The van der Waals surface area contributed by atoms with Crippen molar-refractivity contribution in [1.82, 2.24) is 25.6 Å². The highest BCUT2D eigenvalue weighted by Gasteiger charge is 2.21. The fraction of sp³-hybridized carbons (Fsp3) is 0.400. The molecule has 1 aliphatic rings. The normalized spacial score (nSPS) is 15.7.